The molecule has 0 fully saturated rings. The molecular formula is C12H14BrN5O. The molecule has 2 aromatic rings. The summed E-state index contributed by atoms with van der Waals surface area (Å²) in [6.07, 6.45) is 3.27. The third kappa shape index (κ3) is 3.31. The molecule has 2 N–H and O–H groups in total. The van der Waals surface area contributed by atoms with Crippen LogP contribution in [0.1, 0.15) is 5.56 Å². The Labute approximate surface area is 119 Å². The number of pyridine rings is 1. The van der Waals surface area contributed by atoms with Gasteiger partial charge in [-0.25, -0.2) is 15.0 Å². The van der Waals surface area contributed by atoms with Crippen LogP contribution in [-0.2, 0) is 6.54 Å². The van der Waals surface area contributed by atoms with Gasteiger partial charge in [-0.1, -0.05) is 6.07 Å². The molecule has 0 spiro atoms. The summed E-state index contributed by atoms with van der Waals surface area (Å²) in [7, 11) is 3.40. The average Bonchev–Trinajstić information content (AvgIpc) is 2.47. The second-order valence-corrected chi connectivity index (χ2v) is 4.49. The van der Waals surface area contributed by atoms with Crippen LogP contribution in [0.4, 0.5) is 11.6 Å². The molecule has 0 aliphatic rings. The first-order chi connectivity index (χ1) is 9.24. The van der Waals surface area contributed by atoms with Gasteiger partial charge in [0.05, 0.1) is 7.11 Å². The molecule has 2 rings (SSSR count). The first-order valence-electron chi connectivity index (χ1n) is 5.65. The van der Waals surface area contributed by atoms with Crippen LogP contribution in [0.25, 0.3) is 0 Å². The van der Waals surface area contributed by atoms with Crippen LogP contribution in [0.2, 0.25) is 0 Å². The Bertz CT molecular complexity index is 546. The van der Waals surface area contributed by atoms with E-state index in [1.807, 2.05) is 19.2 Å². The molecule has 0 amide bonds. The third-order valence-electron chi connectivity index (χ3n) is 2.49. The Kier molecular flexibility index (Phi) is 4.51. The van der Waals surface area contributed by atoms with Crippen molar-refractivity contribution in [2.75, 3.05) is 24.8 Å². The van der Waals surface area contributed by atoms with Gasteiger partial charge in [0.15, 0.2) is 0 Å². The molecule has 0 saturated heterocycles. The lowest BCUT2D eigenvalue weighted by Crippen LogP contribution is -2.05. The van der Waals surface area contributed by atoms with Gasteiger partial charge in [0.25, 0.3) is 0 Å². The monoisotopic (exact) mass is 323 g/mol. The lowest BCUT2D eigenvalue weighted by molar-refractivity contribution is 0.397. The summed E-state index contributed by atoms with van der Waals surface area (Å²) in [6, 6.07) is 3.78. The topological polar surface area (TPSA) is 72.0 Å². The van der Waals surface area contributed by atoms with Gasteiger partial charge in [-0.15, -0.1) is 0 Å². The first kappa shape index (κ1) is 13.5. The molecule has 6 nitrogen and oxygen atoms in total. The van der Waals surface area contributed by atoms with Crippen LogP contribution >= 0.6 is 15.9 Å². The molecule has 0 radical (unpaired) electrons. The highest BCUT2D eigenvalue weighted by atomic mass is 79.9. The molecule has 0 aliphatic carbocycles. The van der Waals surface area contributed by atoms with Crippen molar-refractivity contribution >= 4 is 27.6 Å². The minimum atomic E-state index is 0.601. The number of nitrogens with one attached hydrogen (secondary N) is 2. The molecule has 0 saturated carbocycles. The first-order valence-corrected chi connectivity index (χ1v) is 6.45. The third-order valence-corrected chi connectivity index (χ3v) is 3.24. The van der Waals surface area contributed by atoms with Gasteiger partial charge >= 0.3 is 0 Å². The van der Waals surface area contributed by atoms with Crippen LogP contribution in [-0.4, -0.2) is 29.1 Å². The summed E-state index contributed by atoms with van der Waals surface area (Å²) in [5, 5.41) is 6.20. The quantitative estimate of drug-likeness (QED) is 0.879. The van der Waals surface area contributed by atoms with Gasteiger partial charge in [0.2, 0.25) is 5.88 Å². The van der Waals surface area contributed by atoms with Gasteiger partial charge in [-0.3, -0.25) is 0 Å². The van der Waals surface area contributed by atoms with E-state index in [1.54, 1.807) is 13.3 Å². The summed E-state index contributed by atoms with van der Waals surface area (Å²) in [4.78, 5) is 12.4. The van der Waals surface area contributed by atoms with Crippen molar-refractivity contribution in [2.24, 2.45) is 0 Å². The molecule has 7 heteroatoms. The minimum Gasteiger partial charge on any atom is -0.481 e. The predicted octanol–water partition coefficient (Wildman–Crippen LogP) is 2.30. The highest BCUT2D eigenvalue weighted by molar-refractivity contribution is 9.10. The van der Waals surface area contributed by atoms with Crippen LogP contribution in [0.3, 0.4) is 0 Å². The number of rotatable bonds is 5. The van der Waals surface area contributed by atoms with E-state index in [0.29, 0.717) is 12.4 Å². The van der Waals surface area contributed by atoms with E-state index in [2.05, 4.69) is 41.5 Å². The summed E-state index contributed by atoms with van der Waals surface area (Å²) >= 11 is 3.45. The normalized spacial score (nSPS) is 10.1. The fraction of sp³-hybridized carbons (Fsp3) is 0.250. The number of aromatic nitrogens is 3. The fourth-order valence-corrected chi connectivity index (χ4v) is 2.03. The molecule has 100 valence electrons. The maximum atomic E-state index is 5.01. The second-order valence-electron chi connectivity index (χ2n) is 3.70. The summed E-state index contributed by atoms with van der Waals surface area (Å²) < 4.78 is 5.82. The van der Waals surface area contributed by atoms with Crippen LogP contribution in [0.5, 0.6) is 5.88 Å². The number of nitrogens with zero attached hydrogens (tertiary/aromatic N) is 3. The lowest BCUT2D eigenvalue weighted by atomic mass is 10.3. The van der Waals surface area contributed by atoms with Gasteiger partial charge in [-0.05, 0) is 21.5 Å². The summed E-state index contributed by atoms with van der Waals surface area (Å²) in [5.74, 6) is 2.07. The summed E-state index contributed by atoms with van der Waals surface area (Å²) in [6.45, 7) is 0.621. The van der Waals surface area contributed by atoms with Crippen molar-refractivity contribution in [1.29, 1.82) is 0 Å². The Hall–Kier alpha value is -1.89. The maximum Gasteiger partial charge on any atom is 0.212 e. The van der Waals surface area contributed by atoms with E-state index in [-0.39, 0.29) is 0 Å². The fourth-order valence-electron chi connectivity index (χ4n) is 1.49. The standard InChI is InChI=1S/C12H14BrN5O/c1-14-11-10(13)12(18-7-17-11)16-6-8-3-4-9(19-2)15-5-8/h3-5,7H,6H2,1-2H3,(H2,14,16,17,18). The van der Waals surface area contributed by atoms with Crippen molar-refractivity contribution in [3.8, 4) is 5.88 Å². The largest absolute Gasteiger partial charge is 0.481 e. The SMILES string of the molecule is CNc1ncnc(NCc2ccc(OC)nc2)c1Br. The zero-order chi connectivity index (χ0) is 13.7. The maximum absolute atomic E-state index is 5.01. The number of methoxy groups -OCH3 is 1. The lowest BCUT2D eigenvalue weighted by Gasteiger charge is -2.10. The number of halogens is 1. The van der Waals surface area contributed by atoms with Crippen molar-refractivity contribution in [2.45, 2.75) is 6.54 Å². The van der Waals surface area contributed by atoms with E-state index < -0.39 is 0 Å². The number of ether oxygens (including phenoxy) is 1. The molecule has 2 heterocycles. The number of hydrogen-bond donors (Lipinski definition) is 2. The zero-order valence-electron chi connectivity index (χ0n) is 10.6. The zero-order valence-corrected chi connectivity index (χ0v) is 12.2. The molecule has 0 aliphatic heterocycles. The Morgan fingerprint density at radius 1 is 1.21 bits per heavy atom. The van der Waals surface area contributed by atoms with Gasteiger partial charge in [-0.2, -0.15) is 0 Å². The molecule has 2 aromatic heterocycles. The van der Waals surface area contributed by atoms with Gasteiger partial charge in [0.1, 0.15) is 22.4 Å². The van der Waals surface area contributed by atoms with E-state index in [1.165, 1.54) is 6.33 Å². The van der Waals surface area contributed by atoms with E-state index in [0.717, 1.165) is 21.7 Å². The molecular weight excluding hydrogens is 310 g/mol. The summed E-state index contributed by atoms with van der Waals surface area (Å²) in [5.41, 5.74) is 1.04. The van der Waals surface area contributed by atoms with Crippen LogP contribution in [0.15, 0.2) is 29.1 Å². The van der Waals surface area contributed by atoms with Crippen LogP contribution < -0.4 is 15.4 Å². The van der Waals surface area contributed by atoms with E-state index >= 15 is 0 Å². The second kappa shape index (κ2) is 6.33. The molecule has 0 bridgehead atoms. The van der Waals surface area contributed by atoms with Crippen molar-refractivity contribution in [3.63, 3.8) is 0 Å². The smallest absolute Gasteiger partial charge is 0.212 e. The highest BCUT2D eigenvalue weighted by Crippen LogP contribution is 2.26. The van der Waals surface area contributed by atoms with E-state index in [4.69, 9.17) is 4.74 Å². The van der Waals surface area contributed by atoms with Crippen molar-refractivity contribution < 1.29 is 4.74 Å². The van der Waals surface area contributed by atoms with Crippen molar-refractivity contribution in [1.82, 2.24) is 15.0 Å². The predicted molar refractivity (Wildman–Crippen MR) is 77.4 cm³/mol. The average molecular weight is 324 g/mol. The van der Waals surface area contributed by atoms with Gasteiger partial charge in [0, 0.05) is 25.9 Å². The molecule has 0 atom stereocenters. The molecule has 19 heavy (non-hydrogen) atoms. The Morgan fingerprint density at radius 2 is 2.00 bits per heavy atom. The van der Waals surface area contributed by atoms with E-state index in [9.17, 15) is 0 Å². The van der Waals surface area contributed by atoms with Gasteiger partial charge < -0.3 is 15.4 Å². The van der Waals surface area contributed by atoms with Crippen LogP contribution in [0, 0.1) is 0 Å². The minimum absolute atomic E-state index is 0.601. The highest BCUT2D eigenvalue weighted by Gasteiger charge is 2.06. The Morgan fingerprint density at radius 3 is 2.63 bits per heavy atom. The Balaban J connectivity index is 2.05. The number of hydrogen-bond acceptors (Lipinski definition) is 6. The molecule has 0 aromatic carbocycles. The molecule has 0 unspecified atom stereocenters. The number of anilines is 2. The van der Waals surface area contributed by atoms with Crippen molar-refractivity contribution in [3.05, 3.63) is 34.7 Å².